The summed E-state index contributed by atoms with van der Waals surface area (Å²) in [6, 6.07) is 0. The van der Waals surface area contributed by atoms with Crippen LogP contribution in [0.15, 0.2) is 12.7 Å². The maximum atomic E-state index is 3.61. The molecule has 0 aromatic carbocycles. The highest BCUT2D eigenvalue weighted by atomic mass is 15.3. The molecule has 0 aliphatic rings. The molecule has 0 saturated carbocycles. The van der Waals surface area contributed by atoms with Crippen LogP contribution in [0.25, 0.3) is 0 Å². The van der Waals surface area contributed by atoms with Gasteiger partial charge in [-0.2, -0.15) is 12.1 Å². The molecule has 1 heterocycles. The zero-order chi connectivity index (χ0) is 4.41. The van der Waals surface area contributed by atoms with Crippen LogP contribution in [0.5, 0.6) is 0 Å². The van der Waals surface area contributed by atoms with Crippen LogP contribution in [0, 0.1) is 7.05 Å². The summed E-state index contributed by atoms with van der Waals surface area (Å²) in [6.07, 6.45) is 2.97. The average molecular weight is 82.1 g/mol. The van der Waals surface area contributed by atoms with Crippen molar-refractivity contribution in [1.82, 2.24) is 14.8 Å². The lowest BCUT2D eigenvalue weighted by molar-refractivity contribution is 0.876. The minimum atomic E-state index is 1.39. The van der Waals surface area contributed by atoms with E-state index in [1.54, 1.807) is 0 Å². The second-order valence-corrected chi connectivity index (χ2v) is 0.935. The normalized spacial score (nSPS) is 8.67. The van der Waals surface area contributed by atoms with Gasteiger partial charge in [0.05, 0.1) is 0 Å². The van der Waals surface area contributed by atoms with Crippen molar-refractivity contribution >= 4 is 0 Å². The standard InChI is InChI=1S/C3H4N3/c1-6-3-4-2-5-6/h2-3H,1H2/q-1. The van der Waals surface area contributed by atoms with Crippen molar-refractivity contribution in [3.8, 4) is 0 Å². The Morgan fingerprint density at radius 3 is 2.67 bits per heavy atom. The van der Waals surface area contributed by atoms with E-state index >= 15 is 0 Å². The van der Waals surface area contributed by atoms with Gasteiger partial charge in [-0.1, -0.05) is 0 Å². The Morgan fingerprint density at radius 1 is 1.67 bits per heavy atom. The molecule has 1 rings (SSSR count). The molecule has 0 amide bonds. The Kier molecular flexibility index (Phi) is 0.538. The molecule has 0 saturated heterocycles. The molecular formula is C3H4N3-. The maximum absolute atomic E-state index is 3.61. The first-order chi connectivity index (χ1) is 2.89. The molecule has 0 N–H and O–H groups in total. The van der Waals surface area contributed by atoms with E-state index in [2.05, 4.69) is 17.1 Å². The van der Waals surface area contributed by atoms with Crippen molar-refractivity contribution in [3.63, 3.8) is 0 Å². The van der Waals surface area contributed by atoms with Crippen molar-refractivity contribution in [2.45, 2.75) is 0 Å². The van der Waals surface area contributed by atoms with Gasteiger partial charge in [0, 0.05) is 0 Å². The lowest BCUT2D eigenvalue weighted by Crippen LogP contribution is -1.80. The van der Waals surface area contributed by atoms with Crippen LogP contribution < -0.4 is 0 Å². The zero-order valence-electron chi connectivity index (χ0n) is 3.20. The molecule has 0 spiro atoms. The quantitative estimate of drug-likeness (QED) is 0.410. The molecule has 0 radical (unpaired) electrons. The van der Waals surface area contributed by atoms with E-state index in [1.165, 1.54) is 17.3 Å². The number of aromatic nitrogens is 3. The molecule has 6 heavy (non-hydrogen) atoms. The summed E-state index contributed by atoms with van der Waals surface area (Å²) in [5, 5.41) is 3.61. The van der Waals surface area contributed by atoms with Crippen molar-refractivity contribution < 1.29 is 0 Å². The Hall–Kier alpha value is -0.990. The highest BCUT2D eigenvalue weighted by Crippen LogP contribution is 1.66. The highest BCUT2D eigenvalue weighted by molar-refractivity contribution is 4.54. The van der Waals surface area contributed by atoms with Gasteiger partial charge in [0.25, 0.3) is 0 Å². The second-order valence-electron chi connectivity index (χ2n) is 0.935. The van der Waals surface area contributed by atoms with E-state index in [-0.39, 0.29) is 0 Å². The van der Waals surface area contributed by atoms with E-state index in [0.717, 1.165) is 0 Å². The fourth-order valence-corrected chi connectivity index (χ4v) is 0.233. The molecule has 0 bridgehead atoms. The first-order valence-electron chi connectivity index (χ1n) is 1.55. The van der Waals surface area contributed by atoms with E-state index in [1.807, 2.05) is 0 Å². The monoisotopic (exact) mass is 82.0 g/mol. The average Bonchev–Trinajstić information content (AvgIpc) is 1.86. The summed E-state index contributed by atoms with van der Waals surface area (Å²) in [7, 11) is 3.42. The number of nitrogens with zero attached hydrogens (tertiary/aromatic N) is 3. The minimum absolute atomic E-state index is 1.39. The number of hydrogen-bond acceptors (Lipinski definition) is 2. The van der Waals surface area contributed by atoms with Gasteiger partial charge in [-0.3, -0.25) is 0 Å². The minimum Gasteiger partial charge on any atom is -0.390 e. The Labute approximate surface area is 35.6 Å². The van der Waals surface area contributed by atoms with Crippen molar-refractivity contribution in [2.75, 3.05) is 0 Å². The van der Waals surface area contributed by atoms with Crippen molar-refractivity contribution in [3.05, 3.63) is 19.7 Å². The smallest absolute Gasteiger partial charge is 0.115 e. The Bertz CT molecular complexity index is 110. The third-order valence-corrected chi connectivity index (χ3v) is 0.467. The topological polar surface area (TPSA) is 30.7 Å². The SMILES string of the molecule is [CH2-]n1cncn1. The molecular weight excluding hydrogens is 78.1 g/mol. The third-order valence-electron chi connectivity index (χ3n) is 0.467. The molecule has 0 fully saturated rings. The summed E-state index contributed by atoms with van der Waals surface area (Å²) in [5.74, 6) is 0. The van der Waals surface area contributed by atoms with Crippen LogP contribution >= 0.6 is 0 Å². The van der Waals surface area contributed by atoms with Crippen LogP contribution in [0.2, 0.25) is 0 Å². The second kappa shape index (κ2) is 1.01. The third kappa shape index (κ3) is 0.337. The van der Waals surface area contributed by atoms with Gasteiger partial charge in [-0.15, -0.1) is 0 Å². The first kappa shape index (κ1) is 3.21. The molecule has 0 aliphatic carbocycles. The van der Waals surface area contributed by atoms with E-state index in [4.69, 9.17) is 0 Å². The fourth-order valence-electron chi connectivity index (χ4n) is 0.233. The van der Waals surface area contributed by atoms with Gasteiger partial charge in [0.2, 0.25) is 0 Å². The van der Waals surface area contributed by atoms with Crippen LogP contribution in [0.1, 0.15) is 0 Å². The molecule has 3 heteroatoms. The van der Waals surface area contributed by atoms with Gasteiger partial charge in [-0.05, 0) is 6.33 Å². The molecule has 0 unspecified atom stereocenters. The summed E-state index contributed by atoms with van der Waals surface area (Å²) in [6.45, 7) is 0. The van der Waals surface area contributed by atoms with Crippen LogP contribution in [0.4, 0.5) is 0 Å². The van der Waals surface area contributed by atoms with Gasteiger partial charge >= 0.3 is 0 Å². The van der Waals surface area contributed by atoms with Gasteiger partial charge in [0.1, 0.15) is 6.33 Å². The van der Waals surface area contributed by atoms with E-state index < -0.39 is 0 Å². The zero-order valence-corrected chi connectivity index (χ0v) is 3.20. The summed E-state index contributed by atoms with van der Waals surface area (Å²) in [5.41, 5.74) is 0. The van der Waals surface area contributed by atoms with Crippen molar-refractivity contribution in [1.29, 1.82) is 0 Å². The Morgan fingerprint density at radius 2 is 2.50 bits per heavy atom. The summed E-state index contributed by atoms with van der Waals surface area (Å²) >= 11 is 0. The first-order valence-corrected chi connectivity index (χ1v) is 1.55. The molecule has 1 aromatic heterocycles. The predicted octanol–water partition coefficient (Wildman–Crippen LogP) is -0.0822. The van der Waals surface area contributed by atoms with Gasteiger partial charge in [0.15, 0.2) is 0 Å². The highest BCUT2D eigenvalue weighted by Gasteiger charge is 1.60. The lowest BCUT2D eigenvalue weighted by Gasteiger charge is -1.87. The summed E-state index contributed by atoms with van der Waals surface area (Å²) in [4.78, 5) is 3.61. The van der Waals surface area contributed by atoms with Crippen LogP contribution in [0.3, 0.4) is 0 Å². The number of hydrogen-bond donors (Lipinski definition) is 0. The van der Waals surface area contributed by atoms with Gasteiger partial charge in [-0.25, -0.2) is 0 Å². The van der Waals surface area contributed by atoms with Gasteiger partial charge < -0.3 is 9.67 Å². The molecule has 32 valence electrons. The molecule has 0 aliphatic heterocycles. The molecule has 1 aromatic rings. The Balaban J connectivity index is 3.05. The van der Waals surface area contributed by atoms with Crippen LogP contribution in [-0.4, -0.2) is 14.8 Å². The van der Waals surface area contributed by atoms with Crippen LogP contribution in [-0.2, 0) is 0 Å². The largest absolute Gasteiger partial charge is 0.390 e. The predicted molar refractivity (Wildman–Crippen MR) is 20.8 cm³/mol. The van der Waals surface area contributed by atoms with E-state index in [0.29, 0.717) is 0 Å². The van der Waals surface area contributed by atoms with E-state index in [9.17, 15) is 0 Å². The molecule has 0 atom stereocenters. The summed E-state index contributed by atoms with van der Waals surface area (Å²) < 4.78 is 1.39. The fraction of sp³-hybridized carbons (Fsp3) is 0. The molecule has 3 nitrogen and oxygen atoms in total. The number of rotatable bonds is 0. The maximum Gasteiger partial charge on any atom is 0.115 e. The lowest BCUT2D eigenvalue weighted by atomic mass is 11.2. The van der Waals surface area contributed by atoms with Crippen molar-refractivity contribution in [2.24, 2.45) is 0 Å².